The zero-order valence-corrected chi connectivity index (χ0v) is 12.6. The molecule has 1 saturated heterocycles. The van der Waals surface area contributed by atoms with Gasteiger partial charge in [0.25, 0.3) is 0 Å². The molecule has 1 aliphatic heterocycles. The van der Waals surface area contributed by atoms with Crippen molar-refractivity contribution in [1.82, 2.24) is 10.3 Å². The van der Waals surface area contributed by atoms with Crippen molar-refractivity contribution in [3.05, 3.63) is 63.9 Å². The summed E-state index contributed by atoms with van der Waals surface area (Å²) in [6.07, 6.45) is 2.88. The van der Waals surface area contributed by atoms with Gasteiger partial charge in [-0.1, -0.05) is 29.8 Å². The SMILES string of the molecule is Cc1ccc(C2(Cc3ccc(Br)cn3)CNC2)cc1. The van der Waals surface area contributed by atoms with E-state index in [0.29, 0.717) is 0 Å². The Bertz CT molecular complexity index is 556. The van der Waals surface area contributed by atoms with Crippen LogP contribution in [0, 0.1) is 6.92 Å². The highest BCUT2D eigenvalue weighted by Gasteiger charge is 2.38. The minimum absolute atomic E-state index is 0.217. The van der Waals surface area contributed by atoms with Crippen LogP contribution in [0.15, 0.2) is 47.1 Å². The lowest BCUT2D eigenvalue weighted by Crippen LogP contribution is -2.58. The lowest BCUT2D eigenvalue weighted by Gasteiger charge is -2.43. The molecule has 1 N–H and O–H groups in total. The van der Waals surface area contributed by atoms with E-state index < -0.39 is 0 Å². The van der Waals surface area contributed by atoms with Gasteiger partial charge in [-0.3, -0.25) is 4.98 Å². The van der Waals surface area contributed by atoms with Crippen molar-refractivity contribution in [2.24, 2.45) is 0 Å². The van der Waals surface area contributed by atoms with Gasteiger partial charge in [-0.15, -0.1) is 0 Å². The van der Waals surface area contributed by atoms with E-state index in [1.54, 1.807) is 0 Å². The average Bonchev–Trinajstić information content (AvgIpc) is 2.37. The van der Waals surface area contributed by atoms with E-state index in [9.17, 15) is 0 Å². The molecule has 3 heteroatoms. The second kappa shape index (κ2) is 5.06. The van der Waals surface area contributed by atoms with Gasteiger partial charge in [0.15, 0.2) is 0 Å². The summed E-state index contributed by atoms with van der Waals surface area (Å²) in [5.41, 5.74) is 4.11. The molecule has 0 saturated carbocycles. The number of pyridine rings is 1. The van der Waals surface area contributed by atoms with E-state index in [0.717, 1.165) is 29.7 Å². The smallest absolute Gasteiger partial charge is 0.0414 e. The molecule has 0 amide bonds. The normalized spacial score (nSPS) is 16.9. The monoisotopic (exact) mass is 316 g/mol. The maximum atomic E-state index is 4.51. The summed E-state index contributed by atoms with van der Waals surface area (Å²) >= 11 is 3.43. The van der Waals surface area contributed by atoms with Gasteiger partial charge in [0, 0.05) is 41.3 Å². The molecule has 2 nitrogen and oxygen atoms in total. The second-order valence-corrected chi connectivity index (χ2v) is 6.31. The molecule has 0 atom stereocenters. The Hall–Kier alpha value is -1.19. The van der Waals surface area contributed by atoms with Gasteiger partial charge >= 0.3 is 0 Å². The lowest BCUT2D eigenvalue weighted by atomic mass is 9.71. The van der Waals surface area contributed by atoms with Crippen LogP contribution < -0.4 is 5.32 Å². The fourth-order valence-corrected chi connectivity index (χ4v) is 2.86. The van der Waals surface area contributed by atoms with Crippen LogP contribution in [0.5, 0.6) is 0 Å². The van der Waals surface area contributed by atoms with Gasteiger partial charge in [-0.2, -0.15) is 0 Å². The lowest BCUT2D eigenvalue weighted by molar-refractivity contribution is 0.272. The van der Waals surface area contributed by atoms with Crippen molar-refractivity contribution >= 4 is 15.9 Å². The van der Waals surface area contributed by atoms with Crippen LogP contribution in [0.3, 0.4) is 0 Å². The minimum Gasteiger partial charge on any atom is -0.315 e. The van der Waals surface area contributed by atoms with E-state index in [-0.39, 0.29) is 5.41 Å². The van der Waals surface area contributed by atoms with Gasteiger partial charge in [-0.05, 0) is 40.5 Å². The largest absolute Gasteiger partial charge is 0.315 e. The Morgan fingerprint density at radius 3 is 2.42 bits per heavy atom. The molecule has 1 aromatic carbocycles. The Kier molecular flexibility index (Phi) is 3.42. The molecule has 2 heterocycles. The highest BCUT2D eigenvalue weighted by molar-refractivity contribution is 9.10. The minimum atomic E-state index is 0.217. The molecular formula is C16H17BrN2. The van der Waals surface area contributed by atoms with Gasteiger partial charge in [0.2, 0.25) is 0 Å². The van der Waals surface area contributed by atoms with Gasteiger partial charge < -0.3 is 5.32 Å². The number of nitrogens with zero attached hydrogens (tertiary/aromatic N) is 1. The third kappa shape index (κ3) is 2.58. The van der Waals surface area contributed by atoms with Crippen LogP contribution >= 0.6 is 15.9 Å². The van der Waals surface area contributed by atoms with Gasteiger partial charge in [-0.25, -0.2) is 0 Å². The topological polar surface area (TPSA) is 24.9 Å². The first-order valence-corrected chi connectivity index (χ1v) is 7.36. The fourth-order valence-electron chi connectivity index (χ4n) is 2.62. The number of halogens is 1. The van der Waals surface area contributed by atoms with E-state index in [2.05, 4.69) is 69.6 Å². The van der Waals surface area contributed by atoms with Gasteiger partial charge in [0.05, 0.1) is 0 Å². The molecule has 19 heavy (non-hydrogen) atoms. The Balaban J connectivity index is 1.87. The van der Waals surface area contributed by atoms with Crippen LogP contribution in [0.1, 0.15) is 16.8 Å². The van der Waals surface area contributed by atoms with E-state index in [1.807, 2.05) is 6.20 Å². The van der Waals surface area contributed by atoms with Crippen LogP contribution in [0.2, 0.25) is 0 Å². The average molecular weight is 317 g/mol. The molecular weight excluding hydrogens is 300 g/mol. The van der Waals surface area contributed by atoms with Crippen LogP contribution in [-0.4, -0.2) is 18.1 Å². The second-order valence-electron chi connectivity index (χ2n) is 5.39. The van der Waals surface area contributed by atoms with E-state index in [1.165, 1.54) is 11.1 Å². The number of aromatic nitrogens is 1. The van der Waals surface area contributed by atoms with E-state index >= 15 is 0 Å². The van der Waals surface area contributed by atoms with E-state index in [4.69, 9.17) is 0 Å². The van der Waals surface area contributed by atoms with Crippen molar-refractivity contribution in [2.45, 2.75) is 18.8 Å². The molecule has 0 radical (unpaired) electrons. The molecule has 1 aliphatic rings. The highest BCUT2D eigenvalue weighted by Crippen LogP contribution is 2.32. The quantitative estimate of drug-likeness (QED) is 0.940. The van der Waals surface area contributed by atoms with Crippen LogP contribution in [-0.2, 0) is 11.8 Å². The number of hydrogen-bond acceptors (Lipinski definition) is 2. The first kappa shape index (κ1) is 12.8. The molecule has 1 fully saturated rings. The molecule has 0 spiro atoms. The van der Waals surface area contributed by atoms with Crippen molar-refractivity contribution in [3.63, 3.8) is 0 Å². The standard InChI is InChI=1S/C16H17BrN2/c1-12-2-4-13(5-3-12)16(10-18-11-16)8-15-7-6-14(17)9-19-15/h2-7,9,18H,8,10-11H2,1H3. The summed E-state index contributed by atoms with van der Waals surface area (Å²) in [7, 11) is 0. The molecule has 0 unspecified atom stereocenters. The number of rotatable bonds is 3. The Labute approximate surface area is 122 Å². The van der Waals surface area contributed by atoms with Crippen molar-refractivity contribution in [1.29, 1.82) is 0 Å². The predicted octanol–water partition coefficient (Wildman–Crippen LogP) is 3.24. The Morgan fingerprint density at radius 2 is 1.89 bits per heavy atom. The number of benzene rings is 1. The van der Waals surface area contributed by atoms with Crippen LogP contribution in [0.25, 0.3) is 0 Å². The molecule has 2 aromatic rings. The first-order chi connectivity index (χ1) is 9.18. The summed E-state index contributed by atoms with van der Waals surface area (Å²) in [6, 6.07) is 13.1. The third-order valence-electron chi connectivity index (χ3n) is 3.90. The number of hydrogen-bond donors (Lipinski definition) is 1. The van der Waals surface area contributed by atoms with Crippen molar-refractivity contribution < 1.29 is 0 Å². The summed E-state index contributed by atoms with van der Waals surface area (Å²) in [5.74, 6) is 0. The summed E-state index contributed by atoms with van der Waals surface area (Å²) in [6.45, 7) is 4.20. The molecule has 3 rings (SSSR count). The van der Waals surface area contributed by atoms with Gasteiger partial charge in [0.1, 0.15) is 0 Å². The van der Waals surface area contributed by atoms with Crippen molar-refractivity contribution in [2.75, 3.05) is 13.1 Å². The summed E-state index contributed by atoms with van der Waals surface area (Å²) in [4.78, 5) is 4.51. The Morgan fingerprint density at radius 1 is 1.16 bits per heavy atom. The summed E-state index contributed by atoms with van der Waals surface area (Å²) in [5, 5.41) is 3.41. The zero-order chi connectivity index (χ0) is 13.3. The highest BCUT2D eigenvalue weighted by atomic mass is 79.9. The molecule has 1 aromatic heterocycles. The first-order valence-electron chi connectivity index (χ1n) is 6.56. The zero-order valence-electron chi connectivity index (χ0n) is 11.0. The molecule has 0 aliphatic carbocycles. The number of aryl methyl sites for hydroxylation is 1. The number of nitrogens with one attached hydrogen (secondary N) is 1. The fraction of sp³-hybridized carbons (Fsp3) is 0.312. The van der Waals surface area contributed by atoms with Crippen molar-refractivity contribution in [3.8, 4) is 0 Å². The molecule has 0 bridgehead atoms. The predicted molar refractivity (Wildman–Crippen MR) is 81.4 cm³/mol. The maximum Gasteiger partial charge on any atom is 0.0414 e. The molecule has 98 valence electrons. The van der Waals surface area contributed by atoms with Crippen LogP contribution in [0.4, 0.5) is 0 Å². The summed E-state index contributed by atoms with van der Waals surface area (Å²) < 4.78 is 1.03. The maximum absolute atomic E-state index is 4.51. The third-order valence-corrected chi connectivity index (χ3v) is 4.37.